The highest BCUT2D eigenvalue weighted by Gasteiger charge is 2.51. The molecule has 0 aromatic heterocycles. The molecule has 1 aromatic rings. The van der Waals surface area contributed by atoms with E-state index in [4.69, 9.17) is 5.73 Å². The molecule has 3 N–H and O–H groups in total. The number of carbonyl (C=O) groups excluding carboxylic acids is 3. The maximum atomic E-state index is 13.1. The van der Waals surface area contributed by atoms with Crippen LogP contribution in [0, 0.1) is 11.3 Å². The molecule has 5 rings (SSSR count). The number of hydrogen-bond acceptors (Lipinski definition) is 5. The second-order valence-corrected chi connectivity index (χ2v) is 9.01. The van der Waals surface area contributed by atoms with Crippen LogP contribution < -0.4 is 11.1 Å². The lowest BCUT2D eigenvalue weighted by Crippen LogP contribution is -2.62. The molecule has 1 saturated carbocycles. The smallest absolute Gasteiger partial charge is 0.255 e. The fraction of sp³-hybridized carbons (Fsp3) is 0.571. The second-order valence-electron chi connectivity index (χ2n) is 9.01. The van der Waals surface area contributed by atoms with E-state index in [9.17, 15) is 14.4 Å². The van der Waals surface area contributed by atoms with Gasteiger partial charge in [0.05, 0.1) is 0 Å². The van der Waals surface area contributed by atoms with Crippen LogP contribution in [-0.4, -0.2) is 53.2 Å². The molecule has 1 aliphatic carbocycles. The van der Waals surface area contributed by atoms with Crippen LogP contribution in [0.4, 0.5) is 0 Å². The first kappa shape index (κ1) is 17.8. The Kier molecular flexibility index (Phi) is 4.07. The van der Waals surface area contributed by atoms with Crippen molar-refractivity contribution in [3.63, 3.8) is 0 Å². The van der Waals surface area contributed by atoms with Crippen LogP contribution in [0.3, 0.4) is 0 Å². The van der Waals surface area contributed by atoms with E-state index in [1.165, 1.54) is 12.8 Å². The fourth-order valence-electron chi connectivity index (χ4n) is 5.67. The van der Waals surface area contributed by atoms with Gasteiger partial charge in [-0.15, -0.1) is 0 Å². The van der Waals surface area contributed by atoms with Crippen molar-refractivity contribution in [2.45, 2.75) is 44.8 Å². The van der Waals surface area contributed by atoms with Crippen LogP contribution >= 0.6 is 0 Å². The lowest BCUT2D eigenvalue weighted by Gasteiger charge is -2.59. The molecule has 3 aliphatic heterocycles. The lowest BCUT2D eigenvalue weighted by molar-refractivity contribution is -0.136. The van der Waals surface area contributed by atoms with Crippen LogP contribution in [0.25, 0.3) is 0 Å². The van der Waals surface area contributed by atoms with E-state index in [0.717, 1.165) is 42.9 Å². The zero-order valence-corrected chi connectivity index (χ0v) is 15.9. The second kappa shape index (κ2) is 6.39. The summed E-state index contributed by atoms with van der Waals surface area (Å²) in [4.78, 5) is 40.8. The molecule has 2 saturated heterocycles. The predicted octanol–water partition coefficient (Wildman–Crippen LogP) is 0.618. The van der Waals surface area contributed by atoms with Crippen LogP contribution in [-0.2, 0) is 22.7 Å². The van der Waals surface area contributed by atoms with E-state index < -0.39 is 6.04 Å². The summed E-state index contributed by atoms with van der Waals surface area (Å²) in [5, 5.41) is 2.36. The highest BCUT2D eigenvalue weighted by molar-refractivity contribution is 6.05. The van der Waals surface area contributed by atoms with Gasteiger partial charge in [-0.2, -0.15) is 0 Å². The van der Waals surface area contributed by atoms with Gasteiger partial charge >= 0.3 is 0 Å². The standard InChI is InChI=1S/C21H26N4O3/c22-8-13-6-21(7-13)11-24(12-21)9-14-2-1-3-15-10-25(20(28)18(14)15)16-4-5-17(26)23-19(16)27/h1-3,13,16H,4-12,22H2,(H,23,26,27). The number of piperidine rings is 1. The average Bonchev–Trinajstić information content (AvgIpc) is 2.93. The molecule has 7 heteroatoms. The molecule has 3 amide bonds. The number of nitrogens with zero attached hydrogens (tertiary/aromatic N) is 2. The Morgan fingerprint density at radius 2 is 1.96 bits per heavy atom. The Morgan fingerprint density at radius 1 is 1.18 bits per heavy atom. The quantitative estimate of drug-likeness (QED) is 0.745. The van der Waals surface area contributed by atoms with Crippen LogP contribution in [0.5, 0.6) is 0 Å². The molecule has 4 aliphatic rings. The fourth-order valence-corrected chi connectivity index (χ4v) is 5.67. The lowest BCUT2D eigenvalue weighted by atomic mass is 9.57. The van der Waals surface area contributed by atoms with Crippen molar-refractivity contribution in [2.75, 3.05) is 19.6 Å². The van der Waals surface area contributed by atoms with Crippen LogP contribution in [0.1, 0.15) is 47.2 Å². The summed E-state index contributed by atoms with van der Waals surface area (Å²) in [5.74, 6) is -0.0114. The van der Waals surface area contributed by atoms with Gasteiger partial charge in [0.15, 0.2) is 0 Å². The Bertz CT molecular complexity index is 853. The van der Waals surface area contributed by atoms with Gasteiger partial charge in [-0.3, -0.25) is 24.6 Å². The SMILES string of the molecule is NCC1CC2(C1)CN(Cc1cccc3c1C(=O)N(C1CCC(=O)NC1=O)C3)C2. The van der Waals surface area contributed by atoms with E-state index in [-0.39, 0.29) is 24.1 Å². The summed E-state index contributed by atoms with van der Waals surface area (Å²) in [6.07, 6.45) is 3.14. The third kappa shape index (κ3) is 2.76. The number of nitrogens with one attached hydrogen (secondary N) is 1. The molecule has 1 spiro atoms. The normalized spacial score (nSPS) is 26.8. The molecule has 0 bridgehead atoms. The third-order valence-corrected chi connectivity index (χ3v) is 6.93. The van der Waals surface area contributed by atoms with Crippen LogP contribution in [0.15, 0.2) is 18.2 Å². The summed E-state index contributed by atoms with van der Waals surface area (Å²) in [7, 11) is 0. The van der Waals surface area contributed by atoms with E-state index in [0.29, 0.717) is 24.3 Å². The van der Waals surface area contributed by atoms with Gasteiger partial charge in [-0.1, -0.05) is 18.2 Å². The number of carbonyl (C=O) groups is 3. The molecule has 28 heavy (non-hydrogen) atoms. The van der Waals surface area contributed by atoms with Gasteiger partial charge in [0, 0.05) is 38.2 Å². The van der Waals surface area contributed by atoms with E-state index >= 15 is 0 Å². The predicted molar refractivity (Wildman–Crippen MR) is 102 cm³/mol. The van der Waals surface area contributed by atoms with Gasteiger partial charge in [0.25, 0.3) is 5.91 Å². The average molecular weight is 382 g/mol. The Morgan fingerprint density at radius 3 is 2.68 bits per heavy atom. The van der Waals surface area contributed by atoms with Gasteiger partial charge in [-0.25, -0.2) is 0 Å². The number of fused-ring (bicyclic) bond motifs is 1. The summed E-state index contributed by atoms with van der Waals surface area (Å²) >= 11 is 0. The van der Waals surface area contributed by atoms with Gasteiger partial charge < -0.3 is 10.6 Å². The van der Waals surface area contributed by atoms with E-state index in [1.807, 2.05) is 18.2 Å². The Labute approximate surface area is 164 Å². The molecule has 3 fully saturated rings. The maximum Gasteiger partial charge on any atom is 0.255 e. The summed E-state index contributed by atoms with van der Waals surface area (Å²) in [6, 6.07) is 5.44. The molecule has 3 heterocycles. The monoisotopic (exact) mass is 382 g/mol. The van der Waals surface area contributed by atoms with Crippen molar-refractivity contribution in [3.05, 3.63) is 34.9 Å². The van der Waals surface area contributed by atoms with Crippen molar-refractivity contribution in [3.8, 4) is 0 Å². The van der Waals surface area contributed by atoms with Crippen LogP contribution in [0.2, 0.25) is 0 Å². The Balaban J connectivity index is 1.28. The molecule has 148 valence electrons. The number of rotatable bonds is 4. The number of benzene rings is 1. The summed E-state index contributed by atoms with van der Waals surface area (Å²) in [5.41, 5.74) is 9.00. The molecular weight excluding hydrogens is 356 g/mol. The number of hydrogen-bond donors (Lipinski definition) is 2. The zero-order chi connectivity index (χ0) is 19.5. The first-order valence-electron chi connectivity index (χ1n) is 10.2. The minimum atomic E-state index is -0.555. The number of nitrogens with two attached hydrogens (primary N) is 1. The van der Waals surface area contributed by atoms with Crippen molar-refractivity contribution >= 4 is 17.7 Å². The Hall–Kier alpha value is -2.25. The number of likely N-dealkylation sites (tertiary alicyclic amines) is 1. The van der Waals surface area contributed by atoms with Crippen molar-refractivity contribution in [1.29, 1.82) is 0 Å². The first-order chi connectivity index (χ1) is 13.5. The number of amides is 3. The summed E-state index contributed by atoms with van der Waals surface area (Å²) in [6.45, 7) is 4.17. The molecule has 1 unspecified atom stereocenters. The van der Waals surface area contributed by atoms with E-state index in [1.54, 1.807) is 4.90 Å². The van der Waals surface area contributed by atoms with Crippen molar-refractivity contribution in [2.24, 2.45) is 17.1 Å². The highest BCUT2D eigenvalue weighted by atomic mass is 16.2. The first-order valence-corrected chi connectivity index (χ1v) is 10.2. The van der Waals surface area contributed by atoms with Gasteiger partial charge in [0.1, 0.15) is 6.04 Å². The molecule has 1 aromatic carbocycles. The van der Waals surface area contributed by atoms with Gasteiger partial charge in [0.2, 0.25) is 11.8 Å². The molecular formula is C21H26N4O3. The summed E-state index contributed by atoms with van der Waals surface area (Å²) < 4.78 is 0. The highest BCUT2D eigenvalue weighted by Crippen LogP contribution is 2.51. The topological polar surface area (TPSA) is 95.7 Å². The van der Waals surface area contributed by atoms with Crippen molar-refractivity contribution in [1.82, 2.24) is 15.1 Å². The number of imide groups is 1. The largest absolute Gasteiger partial charge is 0.330 e. The van der Waals surface area contributed by atoms with Gasteiger partial charge in [-0.05, 0) is 48.3 Å². The zero-order valence-electron chi connectivity index (χ0n) is 15.9. The minimum Gasteiger partial charge on any atom is -0.330 e. The third-order valence-electron chi connectivity index (χ3n) is 6.93. The molecule has 1 atom stereocenters. The van der Waals surface area contributed by atoms with E-state index in [2.05, 4.69) is 10.2 Å². The molecule has 0 radical (unpaired) electrons. The molecule has 7 nitrogen and oxygen atoms in total. The van der Waals surface area contributed by atoms with Crippen molar-refractivity contribution < 1.29 is 14.4 Å². The maximum absolute atomic E-state index is 13.1. The minimum absolute atomic E-state index is 0.0813.